The fourth-order valence-corrected chi connectivity index (χ4v) is 5.20. The number of fused-ring (bicyclic) bond motifs is 1. The van der Waals surface area contributed by atoms with Crippen molar-refractivity contribution < 1.29 is 9.53 Å². The van der Waals surface area contributed by atoms with E-state index in [2.05, 4.69) is 48.0 Å². The largest absolute Gasteiger partial charge is 0.494 e. The molecule has 0 unspecified atom stereocenters. The van der Waals surface area contributed by atoms with Crippen molar-refractivity contribution in [3.8, 4) is 5.75 Å². The Labute approximate surface area is 200 Å². The Bertz CT molecular complexity index is 1070. The molecular weight excluding hydrogens is 432 g/mol. The zero-order valence-corrected chi connectivity index (χ0v) is 20.7. The first-order valence-corrected chi connectivity index (χ1v) is 12.7. The van der Waals surface area contributed by atoms with E-state index in [4.69, 9.17) is 9.72 Å². The van der Waals surface area contributed by atoms with Crippen LogP contribution >= 0.6 is 11.3 Å². The molecule has 2 aromatic carbocycles. The number of thiazole rings is 1. The molecule has 0 spiro atoms. The van der Waals surface area contributed by atoms with E-state index < -0.39 is 0 Å². The van der Waals surface area contributed by atoms with Crippen LogP contribution in [-0.2, 0) is 0 Å². The van der Waals surface area contributed by atoms with Gasteiger partial charge in [-0.15, -0.1) is 0 Å². The molecule has 1 fully saturated rings. The van der Waals surface area contributed by atoms with Gasteiger partial charge in [-0.25, -0.2) is 4.98 Å². The Morgan fingerprint density at radius 2 is 1.88 bits per heavy atom. The molecule has 4 rings (SSSR count). The van der Waals surface area contributed by atoms with Gasteiger partial charge in [0.15, 0.2) is 5.13 Å². The smallest absolute Gasteiger partial charge is 0.251 e. The lowest BCUT2D eigenvalue weighted by Gasteiger charge is -2.34. The number of piperazine rings is 1. The van der Waals surface area contributed by atoms with Gasteiger partial charge in [0.25, 0.3) is 5.91 Å². The van der Waals surface area contributed by atoms with Crippen molar-refractivity contribution in [2.75, 3.05) is 50.8 Å². The number of carbonyl (C=O) groups excluding carboxylic acids is 1. The number of benzene rings is 2. The number of aryl methyl sites for hydroxylation is 2. The SMILES string of the molecule is CCCCOc1ccc(C(=O)NCCN2CCN(c3nc4cc(C)cc(C)c4s3)CC2)cc1. The molecule has 0 radical (unpaired) electrons. The zero-order valence-electron chi connectivity index (χ0n) is 19.9. The third-order valence-electron chi connectivity index (χ3n) is 6.05. The second-order valence-corrected chi connectivity index (χ2v) is 9.72. The molecule has 176 valence electrons. The summed E-state index contributed by atoms with van der Waals surface area (Å²) in [7, 11) is 0. The molecular formula is C26H34N4O2S. The summed E-state index contributed by atoms with van der Waals surface area (Å²) in [6.07, 6.45) is 2.15. The number of carbonyl (C=O) groups is 1. The third kappa shape index (κ3) is 6.03. The van der Waals surface area contributed by atoms with Crippen molar-refractivity contribution in [1.82, 2.24) is 15.2 Å². The maximum absolute atomic E-state index is 12.4. The molecule has 6 nitrogen and oxygen atoms in total. The minimum absolute atomic E-state index is 0.0334. The molecule has 0 aliphatic carbocycles. The molecule has 0 bridgehead atoms. The number of hydrogen-bond acceptors (Lipinski definition) is 6. The van der Waals surface area contributed by atoms with E-state index in [1.165, 1.54) is 15.8 Å². The van der Waals surface area contributed by atoms with E-state index >= 15 is 0 Å². The highest BCUT2D eigenvalue weighted by Gasteiger charge is 2.20. The Hall–Kier alpha value is -2.64. The van der Waals surface area contributed by atoms with E-state index in [9.17, 15) is 4.79 Å². The van der Waals surface area contributed by atoms with Crippen molar-refractivity contribution in [3.05, 3.63) is 53.1 Å². The molecule has 1 aliphatic heterocycles. The Morgan fingerprint density at radius 3 is 2.61 bits per heavy atom. The second kappa shape index (κ2) is 11.0. The van der Waals surface area contributed by atoms with Crippen LogP contribution in [0.5, 0.6) is 5.75 Å². The Kier molecular flexibility index (Phi) is 7.83. The van der Waals surface area contributed by atoms with E-state index in [1.54, 1.807) is 11.3 Å². The van der Waals surface area contributed by atoms with Gasteiger partial charge < -0.3 is 15.0 Å². The number of anilines is 1. The van der Waals surface area contributed by atoms with E-state index in [1.807, 2.05) is 24.3 Å². The van der Waals surface area contributed by atoms with Crippen molar-refractivity contribution in [2.45, 2.75) is 33.6 Å². The lowest BCUT2D eigenvalue weighted by molar-refractivity contribution is 0.0947. The van der Waals surface area contributed by atoms with Crippen molar-refractivity contribution in [3.63, 3.8) is 0 Å². The molecule has 1 saturated heterocycles. The molecule has 0 atom stereocenters. The minimum Gasteiger partial charge on any atom is -0.494 e. The predicted octanol–water partition coefficient (Wildman–Crippen LogP) is 4.64. The summed E-state index contributed by atoms with van der Waals surface area (Å²) in [5.41, 5.74) is 4.35. The average molecular weight is 467 g/mol. The summed E-state index contributed by atoms with van der Waals surface area (Å²) in [6.45, 7) is 12.5. The summed E-state index contributed by atoms with van der Waals surface area (Å²) < 4.78 is 6.96. The van der Waals surface area contributed by atoms with Crippen LogP contribution in [-0.4, -0.2) is 61.7 Å². The maximum Gasteiger partial charge on any atom is 0.251 e. The molecule has 1 aromatic heterocycles. The molecule has 3 aromatic rings. The van der Waals surface area contributed by atoms with Gasteiger partial charge in [0, 0.05) is 44.8 Å². The van der Waals surface area contributed by atoms with Crippen molar-refractivity contribution in [1.29, 1.82) is 0 Å². The van der Waals surface area contributed by atoms with Gasteiger partial charge in [-0.2, -0.15) is 0 Å². The zero-order chi connectivity index (χ0) is 23.2. The van der Waals surface area contributed by atoms with Crippen LogP contribution in [0.2, 0.25) is 0 Å². The van der Waals surface area contributed by atoms with Gasteiger partial charge in [-0.05, 0) is 61.7 Å². The van der Waals surface area contributed by atoms with Crippen LogP contribution in [0.3, 0.4) is 0 Å². The fourth-order valence-electron chi connectivity index (χ4n) is 4.13. The van der Waals surface area contributed by atoms with Gasteiger partial charge in [0.2, 0.25) is 0 Å². The van der Waals surface area contributed by atoms with Gasteiger partial charge in [-0.3, -0.25) is 9.69 Å². The predicted molar refractivity (Wildman–Crippen MR) is 137 cm³/mol. The monoisotopic (exact) mass is 466 g/mol. The summed E-state index contributed by atoms with van der Waals surface area (Å²) in [4.78, 5) is 22.1. The van der Waals surface area contributed by atoms with Crippen LogP contribution in [0.4, 0.5) is 5.13 Å². The van der Waals surface area contributed by atoms with Crippen LogP contribution in [0.25, 0.3) is 10.2 Å². The van der Waals surface area contributed by atoms with Gasteiger partial charge in [0.05, 0.1) is 16.8 Å². The van der Waals surface area contributed by atoms with Crippen LogP contribution < -0.4 is 15.0 Å². The summed E-state index contributed by atoms with van der Waals surface area (Å²) >= 11 is 1.80. The number of nitrogens with zero attached hydrogens (tertiary/aromatic N) is 3. The quantitative estimate of drug-likeness (QED) is 0.466. The molecule has 2 heterocycles. The summed E-state index contributed by atoms with van der Waals surface area (Å²) in [5.74, 6) is 0.783. The third-order valence-corrected chi connectivity index (χ3v) is 7.32. The lowest BCUT2D eigenvalue weighted by atomic mass is 10.1. The highest BCUT2D eigenvalue weighted by atomic mass is 32.1. The van der Waals surface area contributed by atoms with Gasteiger partial charge in [0.1, 0.15) is 5.75 Å². The molecule has 7 heteroatoms. The number of hydrogen-bond donors (Lipinski definition) is 1. The highest BCUT2D eigenvalue weighted by Crippen LogP contribution is 2.32. The first kappa shape index (κ1) is 23.5. The van der Waals surface area contributed by atoms with Crippen LogP contribution in [0.1, 0.15) is 41.3 Å². The van der Waals surface area contributed by atoms with Crippen LogP contribution in [0, 0.1) is 13.8 Å². The van der Waals surface area contributed by atoms with Gasteiger partial charge in [-0.1, -0.05) is 30.7 Å². The summed E-state index contributed by atoms with van der Waals surface area (Å²) in [6, 6.07) is 11.8. The maximum atomic E-state index is 12.4. The van der Waals surface area contributed by atoms with E-state index in [-0.39, 0.29) is 5.91 Å². The molecule has 1 N–H and O–H groups in total. The molecule has 0 saturated carbocycles. The highest BCUT2D eigenvalue weighted by molar-refractivity contribution is 7.22. The Balaban J connectivity index is 1.21. The number of amides is 1. The first-order valence-electron chi connectivity index (χ1n) is 11.9. The number of aromatic nitrogens is 1. The topological polar surface area (TPSA) is 57.7 Å². The van der Waals surface area contributed by atoms with Gasteiger partial charge >= 0.3 is 0 Å². The normalized spacial score (nSPS) is 14.6. The Morgan fingerprint density at radius 1 is 1.12 bits per heavy atom. The first-order chi connectivity index (χ1) is 16.0. The number of unbranched alkanes of at least 4 members (excludes halogenated alkanes) is 1. The van der Waals surface area contributed by atoms with Crippen LogP contribution in [0.15, 0.2) is 36.4 Å². The number of nitrogens with one attached hydrogen (secondary N) is 1. The summed E-state index contributed by atoms with van der Waals surface area (Å²) in [5, 5.41) is 4.16. The number of ether oxygens (including phenoxy) is 1. The van der Waals surface area contributed by atoms with E-state index in [0.29, 0.717) is 18.7 Å². The minimum atomic E-state index is -0.0334. The number of rotatable bonds is 9. The molecule has 1 aliphatic rings. The molecule has 33 heavy (non-hydrogen) atoms. The lowest BCUT2D eigenvalue weighted by Crippen LogP contribution is -2.48. The molecule has 1 amide bonds. The van der Waals surface area contributed by atoms with Crippen molar-refractivity contribution in [2.24, 2.45) is 0 Å². The second-order valence-electron chi connectivity index (χ2n) is 8.74. The standard InChI is InChI=1S/C26H34N4O2S/c1-4-5-16-32-22-8-6-21(7-9-22)25(31)27-10-11-29-12-14-30(15-13-29)26-28-23-18-19(2)17-20(3)24(23)33-26/h6-9,17-18H,4-5,10-16H2,1-3H3,(H,27,31). The van der Waals surface area contributed by atoms with E-state index in [0.717, 1.165) is 62.0 Å². The average Bonchev–Trinajstić information content (AvgIpc) is 3.24. The fraction of sp³-hybridized carbons (Fsp3) is 0.462. The van der Waals surface area contributed by atoms with Crippen molar-refractivity contribution >= 4 is 32.6 Å².